The average Bonchev–Trinajstić information content (AvgIpc) is 2.48. The third kappa shape index (κ3) is 4.75. The molecule has 1 amide bonds. The van der Waals surface area contributed by atoms with Gasteiger partial charge in [0.25, 0.3) is 5.03 Å². The summed E-state index contributed by atoms with van der Waals surface area (Å²) in [6.07, 6.45) is 1.83. The smallest absolute Gasteiger partial charge is 0.251 e. The van der Waals surface area contributed by atoms with E-state index in [1.807, 2.05) is 0 Å². The highest BCUT2D eigenvalue weighted by Gasteiger charge is 2.08. The van der Waals surface area contributed by atoms with E-state index in [1.54, 1.807) is 36.4 Å². The summed E-state index contributed by atoms with van der Waals surface area (Å²) in [4.78, 5) is 11.7. The van der Waals surface area contributed by atoms with Crippen molar-refractivity contribution in [3.05, 3.63) is 65.2 Å². The van der Waals surface area contributed by atoms with Crippen LogP contribution in [0.1, 0.15) is 5.56 Å². The third-order valence-corrected chi connectivity index (χ3v) is 3.83. The monoisotopic (exact) mass is 306 g/mol. The number of pyridine rings is 1. The maximum absolute atomic E-state index is 13.4. The fourth-order valence-corrected chi connectivity index (χ4v) is 2.50. The molecule has 0 spiro atoms. The zero-order chi connectivity index (χ0) is 15.1. The summed E-state index contributed by atoms with van der Waals surface area (Å²) in [6, 6.07) is 11.5. The van der Waals surface area contributed by atoms with E-state index in [0.29, 0.717) is 23.6 Å². The van der Waals surface area contributed by atoms with Crippen molar-refractivity contribution >= 4 is 17.7 Å². The molecule has 1 aromatic heterocycles. The molecule has 21 heavy (non-hydrogen) atoms. The van der Waals surface area contributed by atoms with Crippen LogP contribution in [0.4, 0.5) is 4.39 Å². The number of rotatable bonds is 6. The van der Waals surface area contributed by atoms with Crippen molar-refractivity contribution in [2.24, 2.45) is 0 Å². The first-order valence-corrected chi connectivity index (χ1v) is 7.46. The predicted molar refractivity (Wildman–Crippen MR) is 79.2 cm³/mol. The van der Waals surface area contributed by atoms with E-state index in [-0.39, 0.29) is 17.5 Å². The van der Waals surface area contributed by atoms with Crippen molar-refractivity contribution in [3.63, 3.8) is 0 Å². The van der Waals surface area contributed by atoms with Crippen LogP contribution in [-0.2, 0) is 11.2 Å². The van der Waals surface area contributed by atoms with Crippen molar-refractivity contribution in [1.29, 1.82) is 0 Å². The molecule has 6 heteroatoms. The molecule has 0 aliphatic rings. The minimum absolute atomic E-state index is 0.156. The van der Waals surface area contributed by atoms with Crippen molar-refractivity contribution in [2.45, 2.75) is 11.4 Å². The zero-order valence-electron chi connectivity index (χ0n) is 11.3. The molecule has 0 atom stereocenters. The van der Waals surface area contributed by atoms with Gasteiger partial charge in [0.2, 0.25) is 5.91 Å². The van der Waals surface area contributed by atoms with E-state index < -0.39 is 0 Å². The number of carbonyl (C=O) groups is 1. The highest BCUT2D eigenvalue weighted by atomic mass is 32.2. The van der Waals surface area contributed by atoms with Gasteiger partial charge in [0.05, 0.1) is 5.75 Å². The molecule has 1 aromatic carbocycles. The van der Waals surface area contributed by atoms with E-state index >= 15 is 0 Å². The van der Waals surface area contributed by atoms with Gasteiger partial charge in [-0.2, -0.15) is 4.73 Å². The van der Waals surface area contributed by atoms with Crippen molar-refractivity contribution in [1.82, 2.24) is 5.32 Å². The second-order valence-electron chi connectivity index (χ2n) is 4.34. The first kappa shape index (κ1) is 15.3. The molecular formula is C15H15FN2O2S. The first-order valence-electron chi connectivity index (χ1n) is 6.48. The molecule has 110 valence electrons. The molecule has 0 saturated carbocycles. The van der Waals surface area contributed by atoms with Crippen molar-refractivity contribution in [3.8, 4) is 0 Å². The number of aromatic nitrogens is 1. The Labute approximate surface area is 126 Å². The van der Waals surface area contributed by atoms with Gasteiger partial charge >= 0.3 is 0 Å². The van der Waals surface area contributed by atoms with Crippen LogP contribution in [0.3, 0.4) is 0 Å². The van der Waals surface area contributed by atoms with Crippen LogP contribution in [0, 0.1) is 11.0 Å². The molecule has 0 bridgehead atoms. The van der Waals surface area contributed by atoms with Gasteiger partial charge in [-0.3, -0.25) is 4.79 Å². The van der Waals surface area contributed by atoms with Crippen molar-refractivity contribution in [2.75, 3.05) is 12.3 Å². The Morgan fingerprint density at radius 1 is 1.24 bits per heavy atom. The fourth-order valence-electron chi connectivity index (χ4n) is 1.75. The minimum atomic E-state index is -0.266. The van der Waals surface area contributed by atoms with Gasteiger partial charge in [-0.25, -0.2) is 4.39 Å². The Bertz CT molecular complexity index is 622. The number of hydrogen-bond donors (Lipinski definition) is 1. The SMILES string of the molecule is O=C(CSc1cccc[n+]1[O-])NCCc1ccccc1F. The molecule has 4 nitrogen and oxygen atoms in total. The summed E-state index contributed by atoms with van der Waals surface area (Å²) >= 11 is 1.17. The summed E-state index contributed by atoms with van der Waals surface area (Å²) in [5.41, 5.74) is 0.575. The van der Waals surface area contributed by atoms with E-state index in [9.17, 15) is 14.4 Å². The standard InChI is InChI=1S/C15H15FN2O2S/c16-13-6-2-1-5-12(13)8-9-17-14(19)11-21-15-7-3-4-10-18(15)20/h1-7,10H,8-9,11H2,(H,17,19). The van der Waals surface area contributed by atoms with Crippen LogP contribution in [0.25, 0.3) is 0 Å². The maximum Gasteiger partial charge on any atom is 0.251 e. The van der Waals surface area contributed by atoms with E-state index in [0.717, 1.165) is 4.73 Å². The number of nitrogens with zero attached hydrogens (tertiary/aromatic N) is 1. The highest BCUT2D eigenvalue weighted by molar-refractivity contribution is 7.99. The van der Waals surface area contributed by atoms with Gasteiger partial charge in [-0.15, -0.1) is 0 Å². The summed E-state index contributed by atoms with van der Waals surface area (Å²) in [6.45, 7) is 0.368. The lowest BCUT2D eigenvalue weighted by molar-refractivity contribution is -0.645. The predicted octanol–water partition coefficient (Wildman–Crippen LogP) is 1.91. The van der Waals surface area contributed by atoms with Gasteiger partial charge < -0.3 is 10.5 Å². The number of nitrogens with one attached hydrogen (secondary N) is 1. The fraction of sp³-hybridized carbons (Fsp3) is 0.200. The molecular weight excluding hydrogens is 291 g/mol. The summed E-state index contributed by atoms with van der Waals surface area (Å²) < 4.78 is 14.1. The number of carbonyl (C=O) groups excluding carboxylic acids is 1. The van der Waals surface area contributed by atoms with Crippen LogP contribution in [0.5, 0.6) is 0 Å². The number of benzene rings is 1. The van der Waals surface area contributed by atoms with E-state index in [4.69, 9.17) is 0 Å². The van der Waals surface area contributed by atoms with E-state index in [2.05, 4.69) is 5.32 Å². The van der Waals surface area contributed by atoms with Gasteiger partial charge in [-0.1, -0.05) is 18.2 Å². The molecule has 1 N–H and O–H groups in total. The largest absolute Gasteiger partial charge is 0.618 e. The second kappa shape index (κ2) is 7.64. The number of amides is 1. The number of hydrogen-bond acceptors (Lipinski definition) is 3. The quantitative estimate of drug-likeness (QED) is 0.504. The van der Waals surface area contributed by atoms with Crippen molar-refractivity contribution < 1.29 is 13.9 Å². The summed E-state index contributed by atoms with van der Waals surface area (Å²) in [5, 5.41) is 14.6. The van der Waals surface area contributed by atoms with Crippen LogP contribution in [-0.4, -0.2) is 18.2 Å². The Hall–Kier alpha value is -2.08. The Kier molecular flexibility index (Phi) is 5.57. The number of thioether (sulfide) groups is 1. The van der Waals surface area contributed by atoms with Gasteiger partial charge in [0, 0.05) is 18.7 Å². The first-order chi connectivity index (χ1) is 10.2. The zero-order valence-corrected chi connectivity index (χ0v) is 12.1. The molecule has 2 rings (SSSR count). The molecule has 0 aliphatic heterocycles. The molecule has 0 fully saturated rings. The topological polar surface area (TPSA) is 56.0 Å². The van der Waals surface area contributed by atoms with Gasteiger partial charge in [-0.05, 0) is 35.9 Å². The van der Waals surface area contributed by atoms with Gasteiger partial charge in [0.1, 0.15) is 5.82 Å². The second-order valence-corrected chi connectivity index (χ2v) is 5.34. The lowest BCUT2D eigenvalue weighted by atomic mass is 10.1. The third-order valence-electron chi connectivity index (χ3n) is 2.81. The maximum atomic E-state index is 13.4. The summed E-state index contributed by atoms with van der Waals surface area (Å²) in [7, 11) is 0. The van der Waals surface area contributed by atoms with Crippen LogP contribution >= 0.6 is 11.8 Å². The molecule has 0 unspecified atom stereocenters. The highest BCUT2D eigenvalue weighted by Crippen LogP contribution is 2.11. The Morgan fingerprint density at radius 2 is 2.00 bits per heavy atom. The molecule has 1 heterocycles. The normalized spacial score (nSPS) is 10.3. The Balaban J connectivity index is 1.73. The van der Waals surface area contributed by atoms with Crippen LogP contribution in [0.2, 0.25) is 0 Å². The molecule has 0 radical (unpaired) electrons. The van der Waals surface area contributed by atoms with E-state index in [1.165, 1.54) is 24.0 Å². The van der Waals surface area contributed by atoms with Gasteiger partial charge in [0.15, 0.2) is 6.20 Å². The van der Waals surface area contributed by atoms with Crippen LogP contribution < -0.4 is 10.0 Å². The van der Waals surface area contributed by atoms with Crippen LogP contribution in [0.15, 0.2) is 53.7 Å². The molecule has 0 aliphatic carbocycles. The molecule has 0 saturated heterocycles. The lowest BCUT2D eigenvalue weighted by Gasteiger charge is -2.06. The summed E-state index contributed by atoms with van der Waals surface area (Å²) in [5.74, 6) is -0.290. The lowest BCUT2D eigenvalue weighted by Crippen LogP contribution is -2.30. The Morgan fingerprint density at radius 3 is 2.76 bits per heavy atom. The molecule has 2 aromatic rings. The number of halogens is 1. The average molecular weight is 306 g/mol. The minimum Gasteiger partial charge on any atom is -0.618 e.